The van der Waals surface area contributed by atoms with Crippen LogP contribution in [0.3, 0.4) is 0 Å². The number of nitrogens with zero attached hydrogens (tertiary/aromatic N) is 1. The van der Waals surface area contributed by atoms with Gasteiger partial charge in [-0.25, -0.2) is 0 Å². The number of ether oxygens (including phenoxy) is 3. The van der Waals surface area contributed by atoms with Crippen LogP contribution < -0.4 is 19.5 Å². The molecule has 7 heteroatoms. The number of carbonyl (C=O) groups is 2. The fourth-order valence-electron chi connectivity index (χ4n) is 3.08. The third-order valence-electron chi connectivity index (χ3n) is 4.56. The Kier molecular flexibility index (Phi) is 6.71. The Hall–Kier alpha value is -2.44. The number of benzene rings is 1. The lowest BCUT2D eigenvalue weighted by molar-refractivity contribution is -0.133. The van der Waals surface area contributed by atoms with E-state index in [0.717, 1.165) is 25.9 Å². The quantitative estimate of drug-likeness (QED) is 0.802. The molecule has 1 aliphatic rings. The number of methoxy groups -OCH3 is 3. The number of hydrogen-bond donors (Lipinski definition) is 1. The first-order valence-electron chi connectivity index (χ1n) is 8.82. The molecule has 1 aliphatic heterocycles. The van der Waals surface area contributed by atoms with Gasteiger partial charge in [0.25, 0.3) is 5.91 Å². The van der Waals surface area contributed by atoms with Crippen molar-refractivity contribution >= 4 is 11.8 Å². The Morgan fingerprint density at radius 2 is 1.54 bits per heavy atom. The smallest absolute Gasteiger partial charge is 0.252 e. The average Bonchev–Trinajstić information content (AvgIpc) is 3.18. The summed E-state index contributed by atoms with van der Waals surface area (Å²) in [5.41, 5.74) is 0.347. The van der Waals surface area contributed by atoms with E-state index in [9.17, 15) is 9.59 Å². The van der Waals surface area contributed by atoms with Crippen LogP contribution in [-0.4, -0.2) is 57.2 Å². The van der Waals surface area contributed by atoms with Crippen LogP contribution in [0.1, 0.15) is 37.0 Å². The van der Waals surface area contributed by atoms with Crippen LogP contribution in [0.4, 0.5) is 0 Å². The minimum absolute atomic E-state index is 0.0194. The maximum Gasteiger partial charge on any atom is 0.252 e. The lowest BCUT2D eigenvalue weighted by Crippen LogP contribution is -2.50. The van der Waals surface area contributed by atoms with Gasteiger partial charge in [0.1, 0.15) is 6.04 Å². The van der Waals surface area contributed by atoms with Crippen LogP contribution >= 0.6 is 0 Å². The van der Waals surface area contributed by atoms with Gasteiger partial charge in [0.15, 0.2) is 11.5 Å². The predicted octanol–water partition coefficient (Wildman–Crippen LogP) is 2.09. The normalized spacial score (nSPS) is 14.9. The number of likely N-dealkylation sites (tertiary alicyclic amines) is 1. The van der Waals surface area contributed by atoms with Crippen LogP contribution in [0.2, 0.25) is 0 Å². The number of amides is 2. The van der Waals surface area contributed by atoms with Crippen LogP contribution in [0.5, 0.6) is 17.2 Å². The Labute approximate surface area is 154 Å². The Morgan fingerprint density at radius 1 is 1.00 bits per heavy atom. The summed E-state index contributed by atoms with van der Waals surface area (Å²) in [6.45, 7) is 5.35. The number of nitrogens with one attached hydrogen (secondary N) is 1. The van der Waals surface area contributed by atoms with Crippen LogP contribution in [0.25, 0.3) is 0 Å². The van der Waals surface area contributed by atoms with Crippen molar-refractivity contribution in [1.29, 1.82) is 0 Å². The molecule has 7 nitrogen and oxygen atoms in total. The first-order chi connectivity index (χ1) is 12.4. The maximum absolute atomic E-state index is 12.8. The van der Waals surface area contributed by atoms with E-state index in [4.69, 9.17) is 14.2 Å². The number of rotatable bonds is 7. The molecular formula is C19H28N2O5. The van der Waals surface area contributed by atoms with Gasteiger partial charge in [-0.05, 0) is 30.9 Å². The fourth-order valence-corrected chi connectivity index (χ4v) is 3.08. The molecule has 144 valence electrons. The lowest BCUT2D eigenvalue weighted by atomic mass is 10.0. The molecular weight excluding hydrogens is 336 g/mol. The molecule has 1 N–H and O–H groups in total. The molecule has 0 radical (unpaired) electrons. The van der Waals surface area contributed by atoms with E-state index in [0.29, 0.717) is 22.8 Å². The molecule has 1 aromatic carbocycles. The fraction of sp³-hybridized carbons (Fsp3) is 0.579. The second kappa shape index (κ2) is 8.78. The van der Waals surface area contributed by atoms with E-state index in [-0.39, 0.29) is 17.7 Å². The monoisotopic (exact) mass is 364 g/mol. The molecule has 1 aromatic rings. The summed E-state index contributed by atoms with van der Waals surface area (Å²) in [6.07, 6.45) is 2.02. The van der Waals surface area contributed by atoms with Gasteiger partial charge in [-0.1, -0.05) is 13.8 Å². The lowest BCUT2D eigenvalue weighted by Gasteiger charge is -2.26. The van der Waals surface area contributed by atoms with Gasteiger partial charge in [0.05, 0.1) is 21.3 Å². The Morgan fingerprint density at radius 3 is 1.96 bits per heavy atom. The largest absolute Gasteiger partial charge is 0.493 e. The molecule has 0 aliphatic carbocycles. The summed E-state index contributed by atoms with van der Waals surface area (Å²) in [7, 11) is 4.49. The van der Waals surface area contributed by atoms with Gasteiger partial charge in [-0.3, -0.25) is 9.59 Å². The van der Waals surface area contributed by atoms with Crippen molar-refractivity contribution < 1.29 is 23.8 Å². The highest BCUT2D eigenvalue weighted by Gasteiger charge is 2.30. The average molecular weight is 364 g/mol. The molecule has 1 atom stereocenters. The highest BCUT2D eigenvalue weighted by molar-refractivity contribution is 5.98. The zero-order chi connectivity index (χ0) is 19.3. The molecule has 26 heavy (non-hydrogen) atoms. The number of hydrogen-bond acceptors (Lipinski definition) is 5. The van der Waals surface area contributed by atoms with Gasteiger partial charge in [0, 0.05) is 18.7 Å². The Balaban J connectivity index is 2.24. The van der Waals surface area contributed by atoms with Crippen molar-refractivity contribution in [3.05, 3.63) is 17.7 Å². The zero-order valence-corrected chi connectivity index (χ0v) is 16.1. The molecule has 0 unspecified atom stereocenters. The molecule has 0 saturated carbocycles. The van der Waals surface area contributed by atoms with Gasteiger partial charge >= 0.3 is 0 Å². The van der Waals surface area contributed by atoms with Crippen LogP contribution in [0, 0.1) is 5.92 Å². The molecule has 0 bridgehead atoms. The highest BCUT2D eigenvalue weighted by atomic mass is 16.5. The molecule has 1 saturated heterocycles. The van der Waals surface area contributed by atoms with E-state index in [1.807, 2.05) is 18.7 Å². The zero-order valence-electron chi connectivity index (χ0n) is 16.1. The van der Waals surface area contributed by atoms with E-state index >= 15 is 0 Å². The van der Waals surface area contributed by atoms with Gasteiger partial charge in [-0.2, -0.15) is 0 Å². The highest BCUT2D eigenvalue weighted by Crippen LogP contribution is 2.38. The molecule has 0 aromatic heterocycles. The third-order valence-corrected chi connectivity index (χ3v) is 4.56. The molecule has 2 rings (SSSR count). The van der Waals surface area contributed by atoms with Crippen molar-refractivity contribution in [3.63, 3.8) is 0 Å². The van der Waals surface area contributed by atoms with E-state index in [1.165, 1.54) is 21.3 Å². The van der Waals surface area contributed by atoms with Crippen LogP contribution in [-0.2, 0) is 4.79 Å². The second-order valence-electron chi connectivity index (χ2n) is 6.64. The maximum atomic E-state index is 12.8. The summed E-state index contributed by atoms with van der Waals surface area (Å²) in [6, 6.07) is 2.59. The van der Waals surface area contributed by atoms with Gasteiger partial charge in [0.2, 0.25) is 11.7 Å². The van der Waals surface area contributed by atoms with Crippen molar-refractivity contribution in [2.45, 2.75) is 32.7 Å². The summed E-state index contributed by atoms with van der Waals surface area (Å²) < 4.78 is 15.9. The molecule has 2 amide bonds. The summed E-state index contributed by atoms with van der Waals surface area (Å²) in [4.78, 5) is 27.3. The first kappa shape index (κ1) is 19.9. The molecule has 0 spiro atoms. The SMILES string of the molecule is COc1cc(C(=O)N[C@H](C(=O)N2CCCC2)C(C)C)cc(OC)c1OC. The van der Waals surface area contributed by atoms with Crippen molar-refractivity contribution in [2.24, 2.45) is 5.92 Å². The van der Waals surface area contributed by atoms with Crippen molar-refractivity contribution in [1.82, 2.24) is 10.2 Å². The van der Waals surface area contributed by atoms with E-state index in [1.54, 1.807) is 12.1 Å². The minimum atomic E-state index is -0.570. The second-order valence-corrected chi connectivity index (χ2v) is 6.64. The summed E-state index contributed by atoms with van der Waals surface area (Å²) in [5, 5.41) is 2.87. The predicted molar refractivity (Wildman–Crippen MR) is 98.0 cm³/mol. The molecule has 1 fully saturated rings. The Bertz CT molecular complexity index is 628. The number of carbonyl (C=O) groups excluding carboxylic acids is 2. The van der Waals surface area contributed by atoms with E-state index < -0.39 is 6.04 Å². The minimum Gasteiger partial charge on any atom is -0.493 e. The van der Waals surface area contributed by atoms with E-state index in [2.05, 4.69) is 5.32 Å². The first-order valence-corrected chi connectivity index (χ1v) is 8.82. The van der Waals surface area contributed by atoms with Crippen molar-refractivity contribution in [2.75, 3.05) is 34.4 Å². The summed E-state index contributed by atoms with van der Waals surface area (Å²) >= 11 is 0. The topological polar surface area (TPSA) is 77.1 Å². The standard InChI is InChI=1S/C19H28N2O5/c1-12(2)16(19(23)21-8-6-7-9-21)20-18(22)13-10-14(24-3)17(26-5)15(11-13)25-4/h10-12,16H,6-9H2,1-5H3,(H,20,22)/t16-/m0/s1. The van der Waals surface area contributed by atoms with Gasteiger partial charge < -0.3 is 24.4 Å². The summed E-state index contributed by atoms with van der Waals surface area (Å²) in [5.74, 6) is 0.802. The molecule has 1 heterocycles. The van der Waals surface area contributed by atoms with Gasteiger partial charge in [-0.15, -0.1) is 0 Å². The van der Waals surface area contributed by atoms with Crippen LogP contribution in [0.15, 0.2) is 12.1 Å². The third kappa shape index (κ3) is 4.20. The van der Waals surface area contributed by atoms with Crippen molar-refractivity contribution in [3.8, 4) is 17.2 Å².